The molecule has 0 bridgehead atoms. The van der Waals surface area contributed by atoms with Crippen LogP contribution in [0.15, 0.2) is 16.4 Å². The number of hydrogen-bond donors (Lipinski definition) is 3. The smallest absolute Gasteiger partial charge is 0.102 e. The van der Waals surface area contributed by atoms with Gasteiger partial charge in [-0.25, -0.2) is 0 Å². The van der Waals surface area contributed by atoms with E-state index in [1.54, 1.807) is 6.92 Å². The highest BCUT2D eigenvalue weighted by atomic mass is 16.3. The van der Waals surface area contributed by atoms with Crippen molar-refractivity contribution in [1.29, 1.82) is 0 Å². The Hall–Kier alpha value is -0.940. The Morgan fingerprint density at radius 2 is 1.83 bits per heavy atom. The van der Waals surface area contributed by atoms with Gasteiger partial charge in [-0.15, -0.1) is 0 Å². The van der Waals surface area contributed by atoms with Crippen LogP contribution in [-0.4, -0.2) is 22.9 Å². The number of nitroso groups, excluding NO2 is 1. The van der Waals surface area contributed by atoms with Crippen LogP contribution in [0.25, 0.3) is 0 Å². The maximum Gasteiger partial charge on any atom is 0.102 e. The fraction of sp³-hybridized carbons (Fsp3) is 0.895. The van der Waals surface area contributed by atoms with Crippen molar-refractivity contribution in [3.8, 4) is 0 Å². The molecule has 1 rings (SSSR count). The van der Waals surface area contributed by atoms with E-state index in [1.165, 1.54) is 5.57 Å². The molecule has 0 saturated heterocycles. The summed E-state index contributed by atoms with van der Waals surface area (Å²) < 4.78 is 0. The first kappa shape index (κ1) is 21.1. The van der Waals surface area contributed by atoms with Gasteiger partial charge in [0.05, 0.1) is 6.04 Å². The molecule has 0 fully saturated rings. The number of nitrogens with zero attached hydrogens (tertiary/aromatic N) is 1. The third-order valence-electron chi connectivity index (χ3n) is 5.31. The summed E-state index contributed by atoms with van der Waals surface area (Å²) in [4.78, 5) is 11.0. The van der Waals surface area contributed by atoms with Crippen molar-refractivity contribution in [3.63, 3.8) is 0 Å². The predicted molar refractivity (Wildman–Crippen MR) is 100 cm³/mol. The lowest BCUT2D eigenvalue weighted by molar-refractivity contribution is 0.103. The summed E-state index contributed by atoms with van der Waals surface area (Å²) in [5.41, 5.74) is 8.42. The number of aliphatic hydroxyl groups is 1. The van der Waals surface area contributed by atoms with Gasteiger partial charge in [0.15, 0.2) is 0 Å². The lowest BCUT2D eigenvalue weighted by Crippen LogP contribution is -2.47. The third kappa shape index (κ3) is 8.25. The highest BCUT2D eigenvalue weighted by molar-refractivity contribution is 5.09. The number of nitrogens with two attached hydrogens (primary N) is 1. The van der Waals surface area contributed by atoms with Crippen molar-refractivity contribution in [2.75, 3.05) is 0 Å². The molecule has 140 valence electrons. The second-order valence-electron chi connectivity index (χ2n) is 7.79. The van der Waals surface area contributed by atoms with Crippen molar-refractivity contribution in [2.24, 2.45) is 10.9 Å². The molecule has 3 unspecified atom stereocenters. The Balaban J connectivity index is 2.76. The molecule has 24 heavy (non-hydrogen) atoms. The van der Waals surface area contributed by atoms with Crippen molar-refractivity contribution in [2.45, 2.75) is 109 Å². The molecule has 5 heteroatoms. The summed E-state index contributed by atoms with van der Waals surface area (Å²) in [5.74, 6) is 0. The quantitative estimate of drug-likeness (QED) is 0.527. The van der Waals surface area contributed by atoms with Crippen LogP contribution in [0.4, 0.5) is 0 Å². The molecule has 0 aromatic carbocycles. The van der Waals surface area contributed by atoms with Gasteiger partial charge in [-0.1, -0.05) is 36.4 Å². The molecule has 1 aliphatic rings. The summed E-state index contributed by atoms with van der Waals surface area (Å²) in [5, 5.41) is 16.4. The van der Waals surface area contributed by atoms with Crippen LogP contribution < -0.4 is 11.1 Å². The van der Waals surface area contributed by atoms with E-state index in [4.69, 9.17) is 5.73 Å². The molecule has 0 saturated carbocycles. The summed E-state index contributed by atoms with van der Waals surface area (Å²) in [7, 11) is 0. The van der Waals surface area contributed by atoms with Crippen LogP contribution >= 0.6 is 0 Å². The second-order valence-corrected chi connectivity index (χ2v) is 7.79. The molecule has 0 aromatic rings. The van der Waals surface area contributed by atoms with Gasteiger partial charge in [0, 0.05) is 11.2 Å². The Labute approximate surface area is 147 Å². The van der Waals surface area contributed by atoms with E-state index in [-0.39, 0.29) is 11.6 Å². The molecular formula is C19H37N3O2. The SMILES string of the molecule is C/C1=C(/N)CCCCCC(N=O)CCCCC(C)(NC(C)O)CC1. The Morgan fingerprint density at radius 3 is 2.46 bits per heavy atom. The van der Waals surface area contributed by atoms with Crippen LogP contribution in [0.1, 0.15) is 91.4 Å². The first-order chi connectivity index (χ1) is 11.4. The fourth-order valence-electron chi connectivity index (χ4n) is 3.63. The lowest BCUT2D eigenvalue weighted by Gasteiger charge is -2.33. The molecule has 0 radical (unpaired) electrons. The first-order valence-electron chi connectivity index (χ1n) is 9.58. The summed E-state index contributed by atoms with van der Waals surface area (Å²) in [6.07, 6.45) is 10.4. The number of rotatable bonds is 3. The van der Waals surface area contributed by atoms with Gasteiger partial charge in [-0.2, -0.15) is 4.91 Å². The molecule has 4 N–H and O–H groups in total. The zero-order chi connectivity index (χ0) is 18.0. The van der Waals surface area contributed by atoms with Crippen LogP contribution in [-0.2, 0) is 0 Å². The van der Waals surface area contributed by atoms with E-state index in [0.29, 0.717) is 0 Å². The normalized spacial score (nSPS) is 33.2. The Kier molecular flexibility index (Phi) is 9.52. The van der Waals surface area contributed by atoms with Crippen LogP contribution in [0.5, 0.6) is 0 Å². The van der Waals surface area contributed by atoms with Gasteiger partial charge in [0.1, 0.15) is 6.23 Å². The highest BCUT2D eigenvalue weighted by Gasteiger charge is 2.25. The van der Waals surface area contributed by atoms with Crippen LogP contribution in [0.3, 0.4) is 0 Å². The molecule has 0 amide bonds. The average Bonchev–Trinajstić information content (AvgIpc) is 2.53. The fourth-order valence-corrected chi connectivity index (χ4v) is 3.63. The van der Waals surface area contributed by atoms with Gasteiger partial charge in [0.2, 0.25) is 0 Å². The standard InChI is InChI=1S/C19H37N3O2/c1-15-12-14-19(3,21-16(2)23)13-8-7-10-17(22-24)9-5-4-6-11-18(15)20/h16-17,21,23H,4-14,20H2,1-3H3/b18-15-. The van der Waals surface area contributed by atoms with Gasteiger partial charge < -0.3 is 10.8 Å². The Bertz CT molecular complexity index is 409. The molecule has 0 aromatic heterocycles. The van der Waals surface area contributed by atoms with E-state index in [0.717, 1.165) is 76.3 Å². The third-order valence-corrected chi connectivity index (χ3v) is 5.31. The summed E-state index contributed by atoms with van der Waals surface area (Å²) >= 11 is 0. The average molecular weight is 340 g/mol. The summed E-state index contributed by atoms with van der Waals surface area (Å²) in [6.45, 7) is 6.07. The minimum atomic E-state index is -0.525. The van der Waals surface area contributed by atoms with Crippen LogP contribution in [0.2, 0.25) is 0 Å². The van der Waals surface area contributed by atoms with Gasteiger partial charge in [0.25, 0.3) is 0 Å². The zero-order valence-electron chi connectivity index (χ0n) is 15.8. The number of nitrogens with one attached hydrogen (secondary N) is 1. The van der Waals surface area contributed by atoms with Crippen molar-refractivity contribution in [1.82, 2.24) is 5.32 Å². The number of allylic oxidation sites excluding steroid dienone is 2. The molecule has 5 nitrogen and oxygen atoms in total. The van der Waals surface area contributed by atoms with Crippen molar-refractivity contribution < 1.29 is 5.11 Å². The van der Waals surface area contributed by atoms with E-state index in [9.17, 15) is 10.0 Å². The molecular weight excluding hydrogens is 302 g/mol. The monoisotopic (exact) mass is 339 g/mol. The molecule has 0 aliphatic heterocycles. The Morgan fingerprint density at radius 1 is 1.17 bits per heavy atom. The van der Waals surface area contributed by atoms with E-state index in [1.807, 2.05) is 0 Å². The lowest BCUT2D eigenvalue weighted by atomic mass is 9.87. The van der Waals surface area contributed by atoms with Gasteiger partial charge >= 0.3 is 0 Å². The maximum atomic E-state index is 11.0. The van der Waals surface area contributed by atoms with Crippen molar-refractivity contribution >= 4 is 0 Å². The summed E-state index contributed by atoms with van der Waals surface area (Å²) in [6, 6.07) is -0.0410. The second kappa shape index (κ2) is 10.8. The minimum Gasteiger partial charge on any atom is -0.402 e. The first-order valence-corrected chi connectivity index (χ1v) is 9.58. The molecule has 0 spiro atoms. The maximum absolute atomic E-state index is 11.0. The van der Waals surface area contributed by atoms with Crippen molar-refractivity contribution in [3.05, 3.63) is 16.2 Å². The molecule has 1 aliphatic carbocycles. The topological polar surface area (TPSA) is 87.7 Å². The molecule has 3 atom stereocenters. The van der Waals surface area contributed by atoms with E-state index >= 15 is 0 Å². The predicted octanol–water partition coefficient (Wildman–Crippen LogP) is 4.35. The number of aliphatic hydroxyl groups excluding tert-OH is 1. The minimum absolute atomic E-state index is 0.0410. The van der Waals surface area contributed by atoms with E-state index < -0.39 is 6.23 Å². The number of hydrogen-bond acceptors (Lipinski definition) is 5. The largest absolute Gasteiger partial charge is 0.402 e. The van der Waals surface area contributed by atoms with Gasteiger partial charge in [-0.3, -0.25) is 5.32 Å². The van der Waals surface area contributed by atoms with Gasteiger partial charge in [-0.05, 0) is 65.7 Å². The van der Waals surface area contributed by atoms with E-state index in [2.05, 4.69) is 24.3 Å². The highest BCUT2D eigenvalue weighted by Crippen LogP contribution is 2.26. The zero-order valence-corrected chi connectivity index (χ0v) is 15.8. The molecule has 0 heterocycles. The van der Waals surface area contributed by atoms with Crippen LogP contribution in [0, 0.1) is 4.91 Å².